The molecular formula is C26H21N3O7. The van der Waals surface area contributed by atoms with Crippen LogP contribution in [0.1, 0.15) is 16.7 Å². The zero-order valence-electron chi connectivity index (χ0n) is 19.4. The Morgan fingerprint density at radius 1 is 1.00 bits per heavy atom. The number of nitrogens with zero attached hydrogens (tertiary/aromatic N) is 2. The highest BCUT2D eigenvalue weighted by molar-refractivity contribution is 6.39. The molecule has 0 atom stereocenters. The van der Waals surface area contributed by atoms with E-state index in [1.165, 1.54) is 31.4 Å². The van der Waals surface area contributed by atoms with Gasteiger partial charge in [-0.05, 0) is 42.3 Å². The summed E-state index contributed by atoms with van der Waals surface area (Å²) >= 11 is 0. The van der Waals surface area contributed by atoms with Gasteiger partial charge in [0.15, 0.2) is 11.5 Å². The third kappa shape index (κ3) is 5.07. The Morgan fingerprint density at radius 2 is 1.75 bits per heavy atom. The number of aryl methyl sites for hydroxylation is 1. The number of carbonyl (C=O) groups excluding carboxylic acids is 3. The van der Waals surface area contributed by atoms with Gasteiger partial charge in [-0.15, -0.1) is 0 Å². The Balaban J connectivity index is 1.60. The van der Waals surface area contributed by atoms with Crippen LogP contribution in [0.25, 0.3) is 6.08 Å². The number of anilines is 1. The molecule has 1 heterocycles. The first-order chi connectivity index (χ1) is 17.3. The largest absolute Gasteiger partial charge is 0.493 e. The van der Waals surface area contributed by atoms with Crippen LogP contribution < -0.4 is 19.7 Å². The van der Waals surface area contributed by atoms with Crippen molar-refractivity contribution < 1.29 is 28.8 Å². The normalized spacial score (nSPS) is 14.6. The van der Waals surface area contributed by atoms with Gasteiger partial charge in [-0.1, -0.05) is 42.0 Å². The lowest BCUT2D eigenvalue weighted by Crippen LogP contribution is -2.54. The fraction of sp³-hybridized carbons (Fsp3) is 0.115. The fourth-order valence-electron chi connectivity index (χ4n) is 3.54. The number of urea groups is 1. The molecule has 1 N–H and O–H groups in total. The van der Waals surface area contributed by atoms with E-state index in [0.717, 1.165) is 17.2 Å². The number of nitro benzene ring substituents is 1. The van der Waals surface area contributed by atoms with Crippen LogP contribution >= 0.6 is 0 Å². The summed E-state index contributed by atoms with van der Waals surface area (Å²) in [6, 6.07) is 16.8. The maximum Gasteiger partial charge on any atom is 0.335 e. The van der Waals surface area contributed by atoms with E-state index in [1.54, 1.807) is 18.2 Å². The molecule has 36 heavy (non-hydrogen) atoms. The highest BCUT2D eigenvalue weighted by atomic mass is 16.6. The molecule has 10 nitrogen and oxygen atoms in total. The van der Waals surface area contributed by atoms with E-state index in [4.69, 9.17) is 9.47 Å². The molecule has 3 aromatic carbocycles. The van der Waals surface area contributed by atoms with Gasteiger partial charge in [0.1, 0.15) is 12.2 Å². The van der Waals surface area contributed by atoms with E-state index in [-0.39, 0.29) is 16.9 Å². The Kier molecular flexibility index (Phi) is 6.77. The van der Waals surface area contributed by atoms with E-state index in [9.17, 15) is 24.5 Å². The lowest BCUT2D eigenvalue weighted by molar-refractivity contribution is -0.384. The van der Waals surface area contributed by atoms with Crippen molar-refractivity contribution >= 4 is 35.3 Å². The second-order valence-corrected chi connectivity index (χ2v) is 7.92. The van der Waals surface area contributed by atoms with Crippen molar-refractivity contribution in [2.45, 2.75) is 13.5 Å². The molecule has 3 aromatic rings. The summed E-state index contributed by atoms with van der Waals surface area (Å²) in [5.74, 6) is -0.951. The fourth-order valence-corrected chi connectivity index (χ4v) is 3.54. The van der Waals surface area contributed by atoms with Crippen LogP contribution in [0.5, 0.6) is 11.5 Å². The number of carbonyl (C=O) groups is 3. The number of barbiturate groups is 1. The van der Waals surface area contributed by atoms with Gasteiger partial charge in [-0.25, -0.2) is 9.69 Å². The van der Waals surface area contributed by atoms with Gasteiger partial charge in [0.25, 0.3) is 17.5 Å². The Bertz CT molecular complexity index is 1400. The van der Waals surface area contributed by atoms with Crippen molar-refractivity contribution in [3.8, 4) is 11.5 Å². The van der Waals surface area contributed by atoms with Gasteiger partial charge in [-0.2, -0.15) is 0 Å². The molecule has 4 amide bonds. The number of imide groups is 2. The standard InChI is InChI=1S/C26H21N3O7/c1-16-6-8-17(9-7-16)15-36-22-11-10-18(13-23(22)35-2)12-21-24(30)27-26(32)28(25(21)31)19-4-3-5-20(14-19)29(33)34/h3-14H,15H2,1-2H3,(H,27,30,32)/b21-12+. The monoisotopic (exact) mass is 487 g/mol. The summed E-state index contributed by atoms with van der Waals surface area (Å²) in [6.07, 6.45) is 1.31. The predicted octanol–water partition coefficient (Wildman–Crippen LogP) is 4.16. The molecule has 0 saturated carbocycles. The Hall–Kier alpha value is -4.99. The number of amides is 4. The van der Waals surface area contributed by atoms with E-state index < -0.39 is 22.8 Å². The molecule has 0 radical (unpaired) electrons. The smallest absolute Gasteiger partial charge is 0.335 e. The highest BCUT2D eigenvalue weighted by Gasteiger charge is 2.37. The predicted molar refractivity (Wildman–Crippen MR) is 131 cm³/mol. The van der Waals surface area contributed by atoms with Crippen LogP contribution in [0.4, 0.5) is 16.2 Å². The quantitative estimate of drug-likeness (QED) is 0.229. The van der Waals surface area contributed by atoms with Crippen molar-refractivity contribution in [3.63, 3.8) is 0 Å². The summed E-state index contributed by atoms with van der Waals surface area (Å²) in [7, 11) is 1.46. The summed E-state index contributed by atoms with van der Waals surface area (Å²) in [5, 5.41) is 13.2. The van der Waals surface area contributed by atoms with Crippen LogP contribution in [-0.2, 0) is 16.2 Å². The SMILES string of the molecule is COc1cc(/C=C2\C(=O)NC(=O)N(c3cccc([N+](=O)[O-])c3)C2=O)ccc1OCc1ccc(C)cc1. The third-order valence-electron chi connectivity index (χ3n) is 5.41. The highest BCUT2D eigenvalue weighted by Crippen LogP contribution is 2.31. The lowest BCUT2D eigenvalue weighted by Gasteiger charge is -2.26. The first-order valence-electron chi connectivity index (χ1n) is 10.8. The first kappa shape index (κ1) is 24.1. The van der Waals surface area contributed by atoms with Gasteiger partial charge in [-0.3, -0.25) is 25.0 Å². The van der Waals surface area contributed by atoms with Gasteiger partial charge in [0.05, 0.1) is 17.7 Å². The van der Waals surface area contributed by atoms with Crippen molar-refractivity contribution in [3.05, 3.63) is 99.1 Å². The van der Waals surface area contributed by atoms with E-state index in [2.05, 4.69) is 5.32 Å². The summed E-state index contributed by atoms with van der Waals surface area (Å²) in [4.78, 5) is 49.1. The molecule has 4 rings (SSSR count). The lowest BCUT2D eigenvalue weighted by atomic mass is 10.1. The molecule has 0 spiro atoms. The summed E-state index contributed by atoms with van der Waals surface area (Å²) in [5.41, 5.74) is 1.90. The van der Waals surface area contributed by atoms with Crippen molar-refractivity contribution in [1.82, 2.24) is 5.32 Å². The third-order valence-corrected chi connectivity index (χ3v) is 5.41. The van der Waals surface area contributed by atoms with E-state index in [1.807, 2.05) is 31.2 Å². The van der Waals surface area contributed by atoms with E-state index >= 15 is 0 Å². The van der Waals surface area contributed by atoms with Gasteiger partial charge < -0.3 is 9.47 Å². The van der Waals surface area contributed by atoms with Gasteiger partial charge in [0.2, 0.25) is 0 Å². The van der Waals surface area contributed by atoms with Gasteiger partial charge in [0, 0.05) is 12.1 Å². The number of hydrogen-bond donors (Lipinski definition) is 1. The molecule has 0 bridgehead atoms. The van der Waals surface area contributed by atoms with Gasteiger partial charge >= 0.3 is 6.03 Å². The summed E-state index contributed by atoms with van der Waals surface area (Å²) in [6.45, 7) is 2.31. The average molecular weight is 487 g/mol. The number of ether oxygens (including phenoxy) is 2. The molecule has 1 aliphatic heterocycles. The minimum atomic E-state index is -1.000. The minimum Gasteiger partial charge on any atom is -0.493 e. The maximum absolute atomic E-state index is 13.1. The number of benzene rings is 3. The molecule has 0 aromatic heterocycles. The zero-order chi connectivity index (χ0) is 25.8. The number of nitrogens with one attached hydrogen (secondary N) is 1. The molecule has 10 heteroatoms. The number of hydrogen-bond acceptors (Lipinski definition) is 7. The van der Waals surface area contributed by atoms with E-state index in [0.29, 0.717) is 28.6 Å². The maximum atomic E-state index is 13.1. The molecule has 182 valence electrons. The molecule has 0 aliphatic carbocycles. The van der Waals surface area contributed by atoms with Crippen LogP contribution in [0, 0.1) is 17.0 Å². The topological polar surface area (TPSA) is 128 Å². The number of nitro groups is 1. The zero-order valence-corrected chi connectivity index (χ0v) is 19.4. The summed E-state index contributed by atoms with van der Waals surface area (Å²) < 4.78 is 11.3. The second-order valence-electron chi connectivity index (χ2n) is 7.92. The number of non-ortho nitro benzene ring substituents is 1. The number of methoxy groups -OCH3 is 1. The Morgan fingerprint density at radius 3 is 2.44 bits per heavy atom. The molecule has 1 saturated heterocycles. The van der Waals surface area contributed by atoms with Crippen LogP contribution in [0.3, 0.4) is 0 Å². The molecular weight excluding hydrogens is 466 g/mol. The average Bonchev–Trinajstić information content (AvgIpc) is 2.86. The van der Waals surface area contributed by atoms with Crippen LogP contribution in [0.2, 0.25) is 0 Å². The molecule has 0 unspecified atom stereocenters. The van der Waals surface area contributed by atoms with Crippen molar-refractivity contribution in [1.29, 1.82) is 0 Å². The van der Waals surface area contributed by atoms with Crippen LogP contribution in [0.15, 0.2) is 72.3 Å². The molecule has 1 aliphatic rings. The molecule has 1 fully saturated rings. The minimum absolute atomic E-state index is 0.0393. The number of rotatable bonds is 7. The second kappa shape index (κ2) is 10.1. The van der Waals surface area contributed by atoms with Crippen molar-refractivity contribution in [2.24, 2.45) is 0 Å². The first-order valence-corrected chi connectivity index (χ1v) is 10.8. The van der Waals surface area contributed by atoms with Crippen molar-refractivity contribution in [2.75, 3.05) is 12.0 Å². The van der Waals surface area contributed by atoms with Crippen LogP contribution in [-0.4, -0.2) is 29.9 Å². The Labute approximate surface area is 205 Å².